The summed E-state index contributed by atoms with van der Waals surface area (Å²) in [7, 11) is -1.88. The lowest BCUT2D eigenvalue weighted by molar-refractivity contribution is 0.0604. The molecule has 0 atom stereocenters. The molecule has 1 aromatic carbocycles. The normalized spacial score (nSPS) is 17.1. The maximum Gasteiger partial charge on any atom is 0.243 e. The van der Waals surface area contributed by atoms with Crippen LogP contribution >= 0.6 is 0 Å². The monoisotopic (exact) mass is 315 g/mol. The molecule has 0 unspecified atom stereocenters. The zero-order valence-corrected chi connectivity index (χ0v) is 14.0. The van der Waals surface area contributed by atoms with Gasteiger partial charge in [-0.2, -0.15) is 4.31 Å². The number of rotatable bonds is 3. The first kappa shape index (κ1) is 17.9. The van der Waals surface area contributed by atoms with Crippen LogP contribution in [-0.2, 0) is 14.8 Å². The molecule has 0 bridgehead atoms. The van der Waals surface area contributed by atoms with Crippen LogP contribution in [0.15, 0.2) is 23.1 Å². The lowest BCUT2D eigenvalue weighted by atomic mass is 10.1. The van der Waals surface area contributed by atoms with E-state index in [9.17, 15) is 13.5 Å². The van der Waals surface area contributed by atoms with Crippen molar-refractivity contribution in [3.8, 4) is 5.75 Å². The van der Waals surface area contributed by atoms with E-state index in [-0.39, 0.29) is 16.7 Å². The molecule has 1 aromatic rings. The van der Waals surface area contributed by atoms with Gasteiger partial charge in [-0.15, -0.1) is 0 Å². The number of methoxy groups -OCH3 is 1. The van der Waals surface area contributed by atoms with Crippen molar-refractivity contribution in [3.05, 3.63) is 23.8 Å². The van der Waals surface area contributed by atoms with Gasteiger partial charge in [0, 0.05) is 26.3 Å². The van der Waals surface area contributed by atoms with Crippen LogP contribution in [0.4, 0.5) is 0 Å². The molecular weight excluding hydrogens is 290 g/mol. The van der Waals surface area contributed by atoms with Crippen LogP contribution in [0.1, 0.15) is 32.3 Å². The Kier molecular flexibility index (Phi) is 6.64. The highest BCUT2D eigenvalue weighted by atomic mass is 32.2. The molecule has 1 fully saturated rings. The molecule has 0 saturated carbocycles. The maximum atomic E-state index is 12.5. The summed E-state index contributed by atoms with van der Waals surface area (Å²) in [5.41, 5.74) is 0.645. The summed E-state index contributed by atoms with van der Waals surface area (Å²) in [5.74, 6) is -0.0315. The second-order valence-corrected chi connectivity index (χ2v) is 6.70. The van der Waals surface area contributed by atoms with Crippen molar-refractivity contribution in [1.82, 2.24) is 4.31 Å². The molecule has 0 aliphatic carbocycles. The van der Waals surface area contributed by atoms with Gasteiger partial charge >= 0.3 is 0 Å². The molecule has 120 valence electrons. The Balaban J connectivity index is 0.00000106. The van der Waals surface area contributed by atoms with Gasteiger partial charge in [-0.3, -0.25) is 0 Å². The average molecular weight is 315 g/mol. The number of hydrogen-bond acceptors (Lipinski definition) is 4. The smallest absolute Gasteiger partial charge is 0.243 e. The third-order valence-corrected chi connectivity index (χ3v) is 5.56. The molecule has 6 heteroatoms. The Bertz CT molecular complexity index is 549. The van der Waals surface area contributed by atoms with Gasteiger partial charge in [0.05, 0.1) is 11.0 Å². The minimum absolute atomic E-state index is 0.0315. The first-order valence-electron chi connectivity index (χ1n) is 7.27. The van der Waals surface area contributed by atoms with Crippen molar-refractivity contribution in [2.45, 2.75) is 44.6 Å². The van der Waals surface area contributed by atoms with E-state index < -0.39 is 10.0 Å². The van der Waals surface area contributed by atoms with Gasteiger partial charge in [-0.1, -0.05) is 19.9 Å². The molecule has 1 saturated heterocycles. The number of ether oxygens (including phenoxy) is 1. The van der Waals surface area contributed by atoms with Crippen LogP contribution < -0.4 is 0 Å². The number of sulfonamides is 1. The number of aryl methyl sites for hydroxylation is 1. The lowest BCUT2D eigenvalue weighted by Gasteiger charge is -2.30. The van der Waals surface area contributed by atoms with Gasteiger partial charge in [0.1, 0.15) is 5.75 Å². The third kappa shape index (κ3) is 4.18. The molecule has 0 radical (unpaired) electrons. The number of benzene rings is 1. The number of phenolic OH excluding ortho intramolecular Hbond substituents is 1. The largest absolute Gasteiger partial charge is 0.508 e. The van der Waals surface area contributed by atoms with Crippen molar-refractivity contribution in [2.24, 2.45) is 0 Å². The van der Waals surface area contributed by atoms with Crippen LogP contribution in [-0.4, -0.2) is 44.1 Å². The van der Waals surface area contributed by atoms with Gasteiger partial charge in [0.25, 0.3) is 0 Å². The van der Waals surface area contributed by atoms with E-state index in [1.165, 1.54) is 16.4 Å². The van der Waals surface area contributed by atoms with E-state index in [1.54, 1.807) is 20.1 Å². The summed E-state index contributed by atoms with van der Waals surface area (Å²) in [4.78, 5) is 0.184. The minimum Gasteiger partial charge on any atom is -0.508 e. The van der Waals surface area contributed by atoms with E-state index in [0.29, 0.717) is 31.5 Å². The molecule has 0 aromatic heterocycles. The summed E-state index contributed by atoms with van der Waals surface area (Å²) in [6, 6.07) is 4.42. The topological polar surface area (TPSA) is 66.8 Å². The van der Waals surface area contributed by atoms with Crippen LogP contribution in [0.5, 0.6) is 5.75 Å². The van der Waals surface area contributed by atoms with Gasteiger partial charge in [0.15, 0.2) is 0 Å². The van der Waals surface area contributed by atoms with E-state index >= 15 is 0 Å². The van der Waals surface area contributed by atoms with Crippen LogP contribution in [0, 0.1) is 6.92 Å². The SMILES string of the molecule is CC.COC1CCN(S(=O)(=O)c2cc(O)ccc2C)CC1. The number of piperidine rings is 1. The Morgan fingerprint density at radius 1 is 1.24 bits per heavy atom. The summed E-state index contributed by atoms with van der Waals surface area (Å²) in [6.07, 6.45) is 1.54. The molecular formula is C15H25NO4S. The molecule has 1 aliphatic rings. The minimum atomic E-state index is -3.53. The van der Waals surface area contributed by atoms with E-state index in [4.69, 9.17) is 4.74 Å². The fourth-order valence-corrected chi connectivity index (χ4v) is 4.03. The summed E-state index contributed by atoms with van der Waals surface area (Å²) in [5, 5.41) is 9.48. The van der Waals surface area contributed by atoms with E-state index in [2.05, 4.69) is 0 Å². The number of hydrogen-bond donors (Lipinski definition) is 1. The molecule has 5 nitrogen and oxygen atoms in total. The lowest BCUT2D eigenvalue weighted by Crippen LogP contribution is -2.40. The van der Waals surface area contributed by atoms with Crippen molar-refractivity contribution in [2.75, 3.05) is 20.2 Å². The quantitative estimate of drug-likeness (QED) is 0.931. The first-order valence-corrected chi connectivity index (χ1v) is 8.71. The van der Waals surface area contributed by atoms with Gasteiger partial charge in [-0.25, -0.2) is 8.42 Å². The molecule has 1 heterocycles. The van der Waals surface area contributed by atoms with Crippen molar-refractivity contribution >= 4 is 10.0 Å². The number of aromatic hydroxyl groups is 1. The van der Waals surface area contributed by atoms with Crippen LogP contribution in [0.25, 0.3) is 0 Å². The van der Waals surface area contributed by atoms with Crippen molar-refractivity contribution < 1.29 is 18.3 Å². The van der Waals surface area contributed by atoms with Gasteiger partial charge < -0.3 is 9.84 Å². The molecule has 1 N–H and O–H groups in total. The molecule has 21 heavy (non-hydrogen) atoms. The van der Waals surface area contributed by atoms with Crippen molar-refractivity contribution in [1.29, 1.82) is 0 Å². The summed E-state index contributed by atoms with van der Waals surface area (Å²) < 4.78 is 31.8. The van der Waals surface area contributed by atoms with Gasteiger partial charge in [-0.05, 0) is 31.4 Å². The van der Waals surface area contributed by atoms with Crippen molar-refractivity contribution in [3.63, 3.8) is 0 Å². The Morgan fingerprint density at radius 2 is 1.81 bits per heavy atom. The molecule has 0 amide bonds. The molecule has 2 rings (SSSR count). The highest BCUT2D eigenvalue weighted by molar-refractivity contribution is 7.89. The predicted molar refractivity (Wildman–Crippen MR) is 83.0 cm³/mol. The summed E-state index contributed by atoms with van der Waals surface area (Å²) in [6.45, 7) is 6.64. The summed E-state index contributed by atoms with van der Waals surface area (Å²) >= 11 is 0. The fraction of sp³-hybridized carbons (Fsp3) is 0.600. The highest BCUT2D eigenvalue weighted by Gasteiger charge is 2.30. The third-order valence-electron chi connectivity index (χ3n) is 3.52. The molecule has 0 spiro atoms. The van der Waals surface area contributed by atoms with Crippen LogP contribution in [0.2, 0.25) is 0 Å². The standard InChI is InChI=1S/C13H19NO4S.C2H6/c1-10-3-4-11(15)9-13(10)19(16,17)14-7-5-12(18-2)6-8-14;1-2/h3-4,9,12,15H,5-8H2,1-2H3;1-2H3. The average Bonchev–Trinajstić information content (AvgIpc) is 2.51. The van der Waals surface area contributed by atoms with Gasteiger partial charge in [0.2, 0.25) is 10.0 Å². The number of nitrogens with zero attached hydrogens (tertiary/aromatic N) is 1. The Labute approximate surface area is 127 Å². The second kappa shape index (κ2) is 7.77. The Morgan fingerprint density at radius 3 is 2.33 bits per heavy atom. The van der Waals surface area contributed by atoms with Crippen LogP contribution in [0.3, 0.4) is 0 Å². The zero-order valence-electron chi connectivity index (χ0n) is 13.2. The fourth-order valence-electron chi connectivity index (χ4n) is 2.31. The van der Waals surface area contributed by atoms with E-state index in [0.717, 1.165) is 0 Å². The first-order chi connectivity index (χ1) is 9.95. The zero-order chi connectivity index (χ0) is 16.0. The molecule has 1 aliphatic heterocycles. The number of phenols is 1. The predicted octanol–water partition coefficient (Wildman–Crippen LogP) is 2.53. The maximum absolute atomic E-state index is 12.5. The highest BCUT2D eigenvalue weighted by Crippen LogP contribution is 2.26. The Hall–Kier alpha value is -1.11. The second-order valence-electron chi connectivity index (χ2n) is 4.79. The van der Waals surface area contributed by atoms with E-state index in [1.807, 2.05) is 13.8 Å².